The van der Waals surface area contributed by atoms with Gasteiger partial charge in [-0.2, -0.15) is 0 Å². The highest BCUT2D eigenvalue weighted by molar-refractivity contribution is 5.04. The first-order chi connectivity index (χ1) is 8.31. The number of aliphatic hydroxyl groups is 1. The number of rotatable bonds is 4. The van der Waals surface area contributed by atoms with Crippen molar-refractivity contribution in [2.24, 2.45) is 0 Å². The normalized spacial score (nSPS) is 23.5. The minimum Gasteiger partial charge on any atom is -0.392 e. The van der Waals surface area contributed by atoms with Crippen LogP contribution in [0.3, 0.4) is 0 Å². The second kappa shape index (κ2) is 6.12. The molecule has 1 fully saturated rings. The van der Waals surface area contributed by atoms with Gasteiger partial charge in [0.2, 0.25) is 0 Å². The molecule has 1 N–H and O–H groups in total. The highest BCUT2D eigenvalue weighted by Crippen LogP contribution is 2.22. The second-order valence-electron chi connectivity index (χ2n) is 4.83. The lowest BCUT2D eigenvalue weighted by molar-refractivity contribution is 0.0189. The smallest absolute Gasteiger partial charge is 0.0692 e. The molecule has 0 bridgehead atoms. The molecule has 2 rings (SSSR count). The van der Waals surface area contributed by atoms with Crippen molar-refractivity contribution >= 4 is 0 Å². The molecule has 0 aliphatic carbocycles. The number of pyridine rings is 1. The van der Waals surface area contributed by atoms with E-state index in [1.807, 2.05) is 18.3 Å². The van der Waals surface area contributed by atoms with Gasteiger partial charge < -0.3 is 5.11 Å². The maximum Gasteiger partial charge on any atom is 0.0692 e. The molecule has 2 atom stereocenters. The maximum absolute atomic E-state index is 10.1. The first-order valence-electron chi connectivity index (χ1n) is 6.63. The Morgan fingerprint density at radius 2 is 2.35 bits per heavy atom. The Morgan fingerprint density at radius 1 is 1.47 bits per heavy atom. The van der Waals surface area contributed by atoms with Gasteiger partial charge in [0.1, 0.15) is 0 Å². The van der Waals surface area contributed by atoms with Gasteiger partial charge in [-0.1, -0.05) is 19.4 Å². The predicted octanol–water partition coefficient (Wildman–Crippen LogP) is 2.21. The van der Waals surface area contributed by atoms with E-state index in [-0.39, 0.29) is 6.10 Å². The van der Waals surface area contributed by atoms with Gasteiger partial charge in [0.15, 0.2) is 0 Å². The second-order valence-corrected chi connectivity index (χ2v) is 4.83. The van der Waals surface area contributed by atoms with Gasteiger partial charge in [-0.25, -0.2) is 0 Å². The molecule has 1 aliphatic heterocycles. The van der Waals surface area contributed by atoms with Crippen LogP contribution in [0, 0.1) is 0 Å². The summed E-state index contributed by atoms with van der Waals surface area (Å²) in [5, 5.41) is 10.1. The predicted molar refractivity (Wildman–Crippen MR) is 68.6 cm³/mol. The van der Waals surface area contributed by atoms with Crippen LogP contribution in [0.5, 0.6) is 0 Å². The summed E-state index contributed by atoms with van der Waals surface area (Å²) in [5.41, 5.74) is 1.10. The Bertz CT molecular complexity index is 328. The Hall–Kier alpha value is -0.930. The zero-order chi connectivity index (χ0) is 12.1. The van der Waals surface area contributed by atoms with Crippen molar-refractivity contribution in [2.75, 3.05) is 6.54 Å². The monoisotopic (exact) mass is 234 g/mol. The molecule has 0 saturated carbocycles. The molecule has 2 heterocycles. The van der Waals surface area contributed by atoms with Crippen molar-refractivity contribution in [2.45, 2.75) is 51.3 Å². The average Bonchev–Trinajstić information content (AvgIpc) is 2.40. The number of likely N-dealkylation sites (tertiary alicyclic amines) is 1. The molecule has 17 heavy (non-hydrogen) atoms. The van der Waals surface area contributed by atoms with Crippen molar-refractivity contribution in [1.82, 2.24) is 9.88 Å². The Morgan fingerprint density at radius 3 is 3.06 bits per heavy atom. The Balaban J connectivity index is 2.01. The van der Waals surface area contributed by atoms with E-state index in [2.05, 4.69) is 22.9 Å². The van der Waals surface area contributed by atoms with Gasteiger partial charge in [-0.3, -0.25) is 9.88 Å². The topological polar surface area (TPSA) is 36.4 Å². The summed E-state index contributed by atoms with van der Waals surface area (Å²) in [6.07, 6.45) is 6.06. The molecule has 94 valence electrons. The summed E-state index contributed by atoms with van der Waals surface area (Å²) >= 11 is 0. The van der Waals surface area contributed by atoms with E-state index in [9.17, 15) is 5.11 Å². The van der Waals surface area contributed by atoms with Crippen LogP contribution < -0.4 is 0 Å². The minimum absolute atomic E-state index is 0.195. The summed E-state index contributed by atoms with van der Waals surface area (Å²) < 4.78 is 0. The molecule has 1 aromatic rings. The highest BCUT2D eigenvalue weighted by atomic mass is 16.3. The lowest BCUT2D eigenvalue weighted by atomic mass is 9.96. The highest BCUT2D eigenvalue weighted by Gasteiger charge is 2.27. The molecule has 1 saturated heterocycles. The number of hydrogen-bond acceptors (Lipinski definition) is 3. The standard InChI is InChI=1S/C14H22N2O/c1-2-14(17)13-8-4-6-10-16(13)11-12-7-3-5-9-15-12/h3,5,7,9,13-14,17H,2,4,6,8,10-11H2,1H3/t13-,14+/m1/s1. The molecule has 1 aliphatic rings. The molecule has 3 heteroatoms. The van der Waals surface area contributed by atoms with Crippen LogP contribution in [0.4, 0.5) is 0 Å². The van der Waals surface area contributed by atoms with E-state index in [0.717, 1.165) is 31.6 Å². The van der Waals surface area contributed by atoms with E-state index in [1.165, 1.54) is 12.8 Å². The maximum atomic E-state index is 10.1. The van der Waals surface area contributed by atoms with Crippen LogP contribution in [0.25, 0.3) is 0 Å². The van der Waals surface area contributed by atoms with Crippen molar-refractivity contribution in [3.05, 3.63) is 30.1 Å². The quantitative estimate of drug-likeness (QED) is 0.867. The fraction of sp³-hybridized carbons (Fsp3) is 0.643. The molecule has 0 unspecified atom stereocenters. The largest absolute Gasteiger partial charge is 0.392 e. The molecular formula is C14H22N2O. The molecular weight excluding hydrogens is 212 g/mol. The molecule has 0 radical (unpaired) electrons. The SMILES string of the molecule is CC[C@H](O)[C@H]1CCCCN1Cc1ccccn1. The molecule has 1 aromatic heterocycles. The number of hydrogen-bond donors (Lipinski definition) is 1. The van der Waals surface area contributed by atoms with Gasteiger partial charge in [-0.05, 0) is 37.9 Å². The number of aliphatic hydroxyl groups excluding tert-OH is 1. The van der Waals surface area contributed by atoms with Crippen LogP contribution in [-0.2, 0) is 6.54 Å². The number of piperidine rings is 1. The average molecular weight is 234 g/mol. The minimum atomic E-state index is -0.195. The van der Waals surface area contributed by atoms with Crippen molar-refractivity contribution in [3.63, 3.8) is 0 Å². The van der Waals surface area contributed by atoms with Gasteiger partial charge in [-0.15, -0.1) is 0 Å². The third kappa shape index (κ3) is 3.27. The summed E-state index contributed by atoms with van der Waals surface area (Å²) in [4.78, 5) is 6.76. The zero-order valence-electron chi connectivity index (χ0n) is 10.5. The number of nitrogens with zero attached hydrogens (tertiary/aromatic N) is 2. The van der Waals surface area contributed by atoms with Crippen LogP contribution in [0.2, 0.25) is 0 Å². The van der Waals surface area contributed by atoms with Crippen LogP contribution >= 0.6 is 0 Å². The van der Waals surface area contributed by atoms with E-state index >= 15 is 0 Å². The van der Waals surface area contributed by atoms with Gasteiger partial charge in [0, 0.05) is 18.8 Å². The lowest BCUT2D eigenvalue weighted by Gasteiger charge is -2.38. The Labute approximate surface area is 103 Å². The fourth-order valence-electron chi connectivity index (χ4n) is 2.62. The van der Waals surface area contributed by atoms with Crippen molar-refractivity contribution < 1.29 is 5.11 Å². The van der Waals surface area contributed by atoms with E-state index in [4.69, 9.17) is 0 Å². The first-order valence-corrected chi connectivity index (χ1v) is 6.63. The summed E-state index contributed by atoms with van der Waals surface area (Å²) in [5.74, 6) is 0. The van der Waals surface area contributed by atoms with E-state index in [1.54, 1.807) is 0 Å². The number of aromatic nitrogens is 1. The van der Waals surface area contributed by atoms with Gasteiger partial charge >= 0.3 is 0 Å². The lowest BCUT2D eigenvalue weighted by Crippen LogP contribution is -2.46. The summed E-state index contributed by atoms with van der Waals surface area (Å²) in [6, 6.07) is 6.34. The first kappa shape index (κ1) is 12.5. The summed E-state index contributed by atoms with van der Waals surface area (Å²) in [7, 11) is 0. The fourth-order valence-corrected chi connectivity index (χ4v) is 2.62. The van der Waals surface area contributed by atoms with Crippen LogP contribution in [0.15, 0.2) is 24.4 Å². The molecule has 0 amide bonds. The molecule has 3 nitrogen and oxygen atoms in total. The van der Waals surface area contributed by atoms with E-state index in [0.29, 0.717) is 6.04 Å². The Kier molecular flexibility index (Phi) is 4.51. The van der Waals surface area contributed by atoms with E-state index < -0.39 is 0 Å². The van der Waals surface area contributed by atoms with Crippen LogP contribution in [0.1, 0.15) is 38.3 Å². The van der Waals surface area contributed by atoms with Crippen molar-refractivity contribution in [3.8, 4) is 0 Å². The van der Waals surface area contributed by atoms with Gasteiger partial charge in [0.05, 0.1) is 11.8 Å². The molecule has 0 aromatic carbocycles. The van der Waals surface area contributed by atoms with Crippen molar-refractivity contribution in [1.29, 1.82) is 0 Å². The van der Waals surface area contributed by atoms with Crippen LogP contribution in [-0.4, -0.2) is 33.7 Å². The zero-order valence-corrected chi connectivity index (χ0v) is 10.5. The summed E-state index contributed by atoms with van der Waals surface area (Å²) in [6.45, 7) is 4.00. The van der Waals surface area contributed by atoms with Gasteiger partial charge in [0.25, 0.3) is 0 Å². The molecule has 0 spiro atoms. The third-order valence-electron chi connectivity index (χ3n) is 3.62. The third-order valence-corrected chi connectivity index (χ3v) is 3.62.